The highest BCUT2D eigenvalue weighted by Gasteiger charge is 2.42. The van der Waals surface area contributed by atoms with Crippen LogP contribution in [0.15, 0.2) is 22.7 Å². The highest BCUT2D eigenvalue weighted by atomic mass is 79.9. The Balaban J connectivity index is 2.05. The number of anilines is 1. The van der Waals surface area contributed by atoms with Gasteiger partial charge in [-0.1, -0.05) is 22.0 Å². The van der Waals surface area contributed by atoms with Crippen molar-refractivity contribution in [3.8, 4) is 6.07 Å². The molecular formula is C12H13BrN2. The molecule has 0 spiro atoms. The van der Waals surface area contributed by atoms with Gasteiger partial charge in [-0.05, 0) is 37.5 Å². The first kappa shape index (κ1) is 10.5. The lowest BCUT2D eigenvalue weighted by atomic mass is 10.1. The summed E-state index contributed by atoms with van der Waals surface area (Å²) in [5, 5.41) is 12.3. The molecule has 2 nitrogen and oxygen atoms in total. The molecule has 2 rings (SSSR count). The van der Waals surface area contributed by atoms with Crippen molar-refractivity contribution in [1.82, 2.24) is 0 Å². The van der Waals surface area contributed by atoms with Crippen LogP contribution in [0.2, 0.25) is 0 Å². The summed E-state index contributed by atoms with van der Waals surface area (Å²) >= 11 is 3.44. The van der Waals surface area contributed by atoms with Crippen LogP contribution >= 0.6 is 15.9 Å². The summed E-state index contributed by atoms with van der Waals surface area (Å²) in [6, 6.07) is 8.53. The van der Waals surface area contributed by atoms with E-state index in [1.165, 1.54) is 5.56 Å². The quantitative estimate of drug-likeness (QED) is 0.908. The van der Waals surface area contributed by atoms with Crippen LogP contribution in [0, 0.1) is 23.7 Å². The number of nitrogens with zero attached hydrogens (tertiary/aromatic N) is 1. The van der Waals surface area contributed by atoms with Crippen LogP contribution in [-0.4, -0.2) is 6.54 Å². The zero-order valence-electron chi connectivity index (χ0n) is 8.68. The van der Waals surface area contributed by atoms with Crippen molar-refractivity contribution in [2.45, 2.75) is 19.8 Å². The molecule has 0 radical (unpaired) electrons. The Hall–Kier alpha value is -1.01. The molecule has 15 heavy (non-hydrogen) atoms. The summed E-state index contributed by atoms with van der Waals surface area (Å²) in [7, 11) is 0. The number of hydrogen-bond donors (Lipinski definition) is 1. The van der Waals surface area contributed by atoms with E-state index in [2.05, 4.69) is 46.4 Å². The molecule has 1 aromatic rings. The molecule has 0 unspecified atom stereocenters. The van der Waals surface area contributed by atoms with Gasteiger partial charge >= 0.3 is 0 Å². The third kappa shape index (κ3) is 2.32. The lowest BCUT2D eigenvalue weighted by molar-refractivity contribution is 0.711. The van der Waals surface area contributed by atoms with E-state index < -0.39 is 0 Å². The van der Waals surface area contributed by atoms with E-state index in [-0.39, 0.29) is 5.41 Å². The van der Waals surface area contributed by atoms with Gasteiger partial charge in [-0.25, -0.2) is 0 Å². The van der Waals surface area contributed by atoms with E-state index in [9.17, 15) is 0 Å². The molecule has 1 aliphatic carbocycles. The molecule has 1 N–H and O–H groups in total. The van der Waals surface area contributed by atoms with E-state index in [1.54, 1.807) is 0 Å². The van der Waals surface area contributed by atoms with Crippen molar-refractivity contribution < 1.29 is 0 Å². The summed E-state index contributed by atoms with van der Waals surface area (Å²) in [4.78, 5) is 0. The van der Waals surface area contributed by atoms with Crippen LogP contribution in [0.5, 0.6) is 0 Å². The van der Waals surface area contributed by atoms with Crippen LogP contribution < -0.4 is 5.32 Å². The van der Waals surface area contributed by atoms with E-state index >= 15 is 0 Å². The topological polar surface area (TPSA) is 35.8 Å². The number of aryl methyl sites for hydroxylation is 1. The lowest BCUT2D eigenvalue weighted by Crippen LogP contribution is -2.13. The fourth-order valence-corrected chi connectivity index (χ4v) is 1.89. The summed E-state index contributed by atoms with van der Waals surface area (Å²) in [6.45, 7) is 2.83. The van der Waals surface area contributed by atoms with Gasteiger partial charge in [-0.15, -0.1) is 0 Å². The van der Waals surface area contributed by atoms with Crippen LogP contribution in [0.25, 0.3) is 0 Å². The molecule has 78 valence electrons. The Kier molecular flexibility index (Phi) is 2.70. The first-order valence-corrected chi connectivity index (χ1v) is 5.86. The monoisotopic (exact) mass is 264 g/mol. The van der Waals surface area contributed by atoms with Crippen molar-refractivity contribution in [2.75, 3.05) is 11.9 Å². The molecule has 1 saturated carbocycles. The molecule has 0 aromatic heterocycles. The predicted molar refractivity (Wildman–Crippen MR) is 64.6 cm³/mol. The second kappa shape index (κ2) is 3.86. The van der Waals surface area contributed by atoms with E-state index in [0.29, 0.717) is 0 Å². The van der Waals surface area contributed by atoms with Crippen LogP contribution in [-0.2, 0) is 0 Å². The fourth-order valence-electron chi connectivity index (χ4n) is 1.53. The highest BCUT2D eigenvalue weighted by molar-refractivity contribution is 9.10. The summed E-state index contributed by atoms with van der Waals surface area (Å²) in [5.74, 6) is 0. The molecule has 3 heteroatoms. The summed E-state index contributed by atoms with van der Waals surface area (Å²) < 4.78 is 1.07. The van der Waals surface area contributed by atoms with E-state index in [0.717, 1.165) is 29.5 Å². The maximum Gasteiger partial charge on any atom is 0.0747 e. The molecular weight excluding hydrogens is 252 g/mol. The maximum absolute atomic E-state index is 8.96. The molecule has 0 bridgehead atoms. The number of halogens is 1. The average Bonchev–Trinajstić information content (AvgIpc) is 3.00. The molecule has 0 aliphatic heterocycles. The largest absolute Gasteiger partial charge is 0.383 e. The third-order valence-electron chi connectivity index (χ3n) is 2.91. The third-order valence-corrected chi connectivity index (χ3v) is 3.40. The minimum Gasteiger partial charge on any atom is -0.383 e. The second-order valence-electron chi connectivity index (χ2n) is 4.20. The van der Waals surface area contributed by atoms with Crippen molar-refractivity contribution in [1.29, 1.82) is 5.26 Å². The highest BCUT2D eigenvalue weighted by Crippen LogP contribution is 2.44. The molecule has 1 aliphatic rings. The maximum atomic E-state index is 8.96. The molecule has 0 atom stereocenters. The van der Waals surface area contributed by atoms with Gasteiger partial charge in [-0.2, -0.15) is 5.26 Å². The minimum absolute atomic E-state index is 0.0885. The number of nitriles is 1. The lowest BCUT2D eigenvalue weighted by Gasteiger charge is -2.12. The van der Waals surface area contributed by atoms with Gasteiger partial charge in [-0.3, -0.25) is 0 Å². The Morgan fingerprint density at radius 1 is 1.53 bits per heavy atom. The van der Waals surface area contributed by atoms with Gasteiger partial charge in [0.2, 0.25) is 0 Å². The Morgan fingerprint density at radius 2 is 2.27 bits per heavy atom. The van der Waals surface area contributed by atoms with Gasteiger partial charge in [0.05, 0.1) is 11.5 Å². The minimum atomic E-state index is -0.0885. The second-order valence-corrected chi connectivity index (χ2v) is 5.12. The Morgan fingerprint density at radius 3 is 2.87 bits per heavy atom. The smallest absolute Gasteiger partial charge is 0.0747 e. The fraction of sp³-hybridized carbons (Fsp3) is 0.417. The van der Waals surface area contributed by atoms with Crippen molar-refractivity contribution >= 4 is 21.6 Å². The summed E-state index contributed by atoms with van der Waals surface area (Å²) in [6.07, 6.45) is 2.06. The van der Waals surface area contributed by atoms with Crippen molar-refractivity contribution in [2.24, 2.45) is 5.41 Å². The predicted octanol–water partition coefficient (Wildman–Crippen LogP) is 3.47. The zero-order valence-corrected chi connectivity index (χ0v) is 10.3. The van der Waals surface area contributed by atoms with E-state index in [1.807, 2.05) is 6.07 Å². The zero-order chi connectivity index (χ0) is 10.9. The first-order valence-electron chi connectivity index (χ1n) is 5.06. The van der Waals surface area contributed by atoms with E-state index in [4.69, 9.17) is 5.26 Å². The SMILES string of the molecule is Cc1ccc(Br)cc1NCC1(C#N)CC1. The molecule has 0 saturated heterocycles. The van der Waals surface area contributed by atoms with Crippen LogP contribution in [0.3, 0.4) is 0 Å². The Labute approximate surface area is 98.4 Å². The Bertz CT molecular complexity index is 416. The molecule has 0 heterocycles. The normalized spacial score (nSPS) is 16.9. The van der Waals surface area contributed by atoms with Gasteiger partial charge < -0.3 is 5.32 Å². The van der Waals surface area contributed by atoms with Crippen LogP contribution in [0.4, 0.5) is 5.69 Å². The van der Waals surface area contributed by atoms with Gasteiger partial charge in [0.1, 0.15) is 0 Å². The number of benzene rings is 1. The van der Waals surface area contributed by atoms with Crippen molar-refractivity contribution in [3.63, 3.8) is 0 Å². The van der Waals surface area contributed by atoms with Gasteiger partial charge in [0, 0.05) is 16.7 Å². The van der Waals surface area contributed by atoms with Crippen molar-refractivity contribution in [3.05, 3.63) is 28.2 Å². The van der Waals surface area contributed by atoms with Gasteiger partial charge in [0.15, 0.2) is 0 Å². The average molecular weight is 265 g/mol. The summed E-state index contributed by atoms with van der Waals surface area (Å²) in [5.41, 5.74) is 2.24. The standard InChI is InChI=1S/C12H13BrN2/c1-9-2-3-10(13)6-11(9)15-8-12(7-14)4-5-12/h2-3,6,15H,4-5,8H2,1H3. The van der Waals surface area contributed by atoms with Gasteiger partial charge in [0.25, 0.3) is 0 Å². The molecule has 1 fully saturated rings. The number of nitrogens with one attached hydrogen (secondary N) is 1. The number of rotatable bonds is 3. The molecule has 0 amide bonds. The number of hydrogen-bond acceptors (Lipinski definition) is 2. The molecule has 1 aromatic carbocycles. The first-order chi connectivity index (χ1) is 7.15. The van der Waals surface area contributed by atoms with Crippen LogP contribution in [0.1, 0.15) is 18.4 Å².